The van der Waals surface area contributed by atoms with Crippen molar-refractivity contribution in [2.75, 3.05) is 0 Å². The molecule has 1 aromatic heterocycles. The Morgan fingerprint density at radius 1 is 0.964 bits per heavy atom. The number of aliphatic carboxylic acids is 3. The summed E-state index contributed by atoms with van der Waals surface area (Å²) in [5.74, 6) is -5.02. The van der Waals surface area contributed by atoms with E-state index in [-0.39, 0.29) is 6.61 Å². The van der Waals surface area contributed by atoms with Crippen LogP contribution in [0.4, 0.5) is 0 Å². The first-order valence-electron chi connectivity index (χ1n) is 8.10. The number of carbonyl (C=O) groups is 3. The van der Waals surface area contributed by atoms with Crippen molar-refractivity contribution in [1.82, 2.24) is 10.2 Å². The minimum Gasteiger partial charge on any atom is -0.481 e. The molecular formula is C18H18N2O8. The lowest BCUT2D eigenvalue weighted by atomic mass is 9.96. The zero-order valence-electron chi connectivity index (χ0n) is 14.6. The summed E-state index contributed by atoms with van der Waals surface area (Å²) in [7, 11) is 0. The van der Waals surface area contributed by atoms with Crippen LogP contribution in [0.5, 0.6) is 0 Å². The second kappa shape index (κ2) is 8.55. The van der Waals surface area contributed by atoms with Crippen LogP contribution in [-0.2, 0) is 27.4 Å². The predicted molar refractivity (Wildman–Crippen MR) is 93.3 cm³/mol. The summed E-state index contributed by atoms with van der Waals surface area (Å²) in [5, 5.41) is 50.9. The standard InChI is InChI=1S/C12H10N2O.C6H8O7/c15-7-9-6-11-10-4-2-1-3-8(10)5-12(11)14-13-9;7-3(8)1-6(13,5(11)12)2-4(9)10/h1-4,6,15H,5,7H2;13H,1-2H2,(H,7,8)(H,9,10)(H,11,12). The summed E-state index contributed by atoms with van der Waals surface area (Å²) in [6.45, 7) is -0.0531. The van der Waals surface area contributed by atoms with Crippen LogP contribution in [0.15, 0.2) is 30.3 Å². The van der Waals surface area contributed by atoms with Crippen molar-refractivity contribution in [2.24, 2.45) is 0 Å². The van der Waals surface area contributed by atoms with Crippen molar-refractivity contribution in [3.05, 3.63) is 47.3 Å². The van der Waals surface area contributed by atoms with Crippen LogP contribution in [0.3, 0.4) is 0 Å². The molecule has 0 saturated carbocycles. The number of benzene rings is 1. The quantitative estimate of drug-likeness (QED) is 0.393. The zero-order chi connectivity index (χ0) is 20.9. The lowest BCUT2D eigenvalue weighted by Crippen LogP contribution is -2.42. The van der Waals surface area contributed by atoms with E-state index < -0.39 is 36.4 Å². The fraction of sp³-hybridized carbons (Fsp3) is 0.278. The second-order valence-corrected chi connectivity index (χ2v) is 6.17. The van der Waals surface area contributed by atoms with Gasteiger partial charge in [-0.2, -0.15) is 10.2 Å². The topological polar surface area (TPSA) is 178 Å². The minimum atomic E-state index is -2.74. The van der Waals surface area contributed by atoms with Crippen molar-refractivity contribution >= 4 is 17.9 Å². The molecule has 0 radical (unpaired) electrons. The van der Waals surface area contributed by atoms with Crippen LogP contribution in [0.25, 0.3) is 11.1 Å². The molecule has 28 heavy (non-hydrogen) atoms. The number of rotatable bonds is 6. The summed E-state index contributed by atoms with van der Waals surface area (Å²) >= 11 is 0. The van der Waals surface area contributed by atoms with E-state index in [1.54, 1.807) is 0 Å². The first-order valence-corrected chi connectivity index (χ1v) is 8.10. The number of hydrogen-bond donors (Lipinski definition) is 5. The van der Waals surface area contributed by atoms with E-state index in [0.717, 1.165) is 17.7 Å². The molecule has 10 heteroatoms. The zero-order valence-corrected chi connectivity index (χ0v) is 14.6. The Morgan fingerprint density at radius 2 is 1.57 bits per heavy atom. The smallest absolute Gasteiger partial charge is 0.336 e. The molecule has 0 spiro atoms. The Balaban J connectivity index is 0.000000204. The highest BCUT2D eigenvalue weighted by atomic mass is 16.4. The molecule has 0 aliphatic heterocycles. The third-order valence-electron chi connectivity index (χ3n) is 4.03. The van der Waals surface area contributed by atoms with E-state index in [1.165, 1.54) is 11.1 Å². The van der Waals surface area contributed by atoms with Gasteiger partial charge in [0.25, 0.3) is 0 Å². The third-order valence-corrected chi connectivity index (χ3v) is 4.03. The highest BCUT2D eigenvalue weighted by molar-refractivity contribution is 5.88. The molecule has 1 heterocycles. The van der Waals surface area contributed by atoms with Crippen LogP contribution in [0, 0.1) is 0 Å². The van der Waals surface area contributed by atoms with Crippen molar-refractivity contribution in [3.63, 3.8) is 0 Å². The molecule has 1 aromatic carbocycles. The van der Waals surface area contributed by atoms with Gasteiger partial charge in [0.15, 0.2) is 5.60 Å². The fourth-order valence-electron chi connectivity index (χ4n) is 2.73. The van der Waals surface area contributed by atoms with Crippen molar-refractivity contribution < 1.29 is 39.9 Å². The summed E-state index contributed by atoms with van der Waals surface area (Å²) in [4.78, 5) is 30.5. The molecule has 10 nitrogen and oxygen atoms in total. The van der Waals surface area contributed by atoms with Gasteiger partial charge in [-0.1, -0.05) is 24.3 Å². The average Bonchev–Trinajstić information content (AvgIpc) is 2.98. The van der Waals surface area contributed by atoms with E-state index in [0.29, 0.717) is 5.69 Å². The molecule has 2 aromatic rings. The Labute approximate surface area is 158 Å². The summed E-state index contributed by atoms with van der Waals surface area (Å²) in [6.07, 6.45) is -1.44. The van der Waals surface area contributed by atoms with Crippen molar-refractivity contribution in [2.45, 2.75) is 31.5 Å². The fourth-order valence-corrected chi connectivity index (χ4v) is 2.73. The first kappa shape index (κ1) is 20.9. The molecule has 0 amide bonds. The number of aliphatic hydroxyl groups excluding tert-OH is 1. The SMILES string of the molecule is O=C(O)CC(O)(CC(=O)O)C(=O)O.OCc1cc2c(nn1)Cc1ccccc1-2. The second-order valence-electron chi connectivity index (χ2n) is 6.17. The van der Waals surface area contributed by atoms with Crippen LogP contribution >= 0.6 is 0 Å². The third kappa shape index (κ3) is 4.87. The molecule has 1 aliphatic carbocycles. The Morgan fingerprint density at radius 3 is 2.11 bits per heavy atom. The number of aliphatic hydroxyl groups is 2. The molecule has 0 fully saturated rings. The minimum absolute atomic E-state index is 0.0531. The van der Waals surface area contributed by atoms with Gasteiger partial charge in [-0.25, -0.2) is 4.79 Å². The number of fused-ring (bicyclic) bond motifs is 3. The van der Waals surface area contributed by atoms with Crippen molar-refractivity contribution in [1.29, 1.82) is 0 Å². The summed E-state index contributed by atoms with van der Waals surface area (Å²) < 4.78 is 0. The number of nitrogens with zero attached hydrogens (tertiary/aromatic N) is 2. The maximum absolute atomic E-state index is 10.3. The number of hydrogen-bond acceptors (Lipinski definition) is 7. The molecule has 3 rings (SSSR count). The normalized spacial score (nSPS) is 11.6. The number of carboxylic acids is 3. The van der Waals surface area contributed by atoms with E-state index in [4.69, 9.17) is 25.5 Å². The lowest BCUT2D eigenvalue weighted by molar-refractivity contribution is -0.170. The van der Waals surface area contributed by atoms with E-state index in [9.17, 15) is 14.4 Å². The molecule has 0 atom stereocenters. The van der Waals surface area contributed by atoms with Crippen LogP contribution < -0.4 is 0 Å². The summed E-state index contributed by atoms with van der Waals surface area (Å²) in [6, 6.07) is 10.2. The van der Waals surface area contributed by atoms with Gasteiger partial charge in [-0.05, 0) is 17.2 Å². The molecule has 0 saturated heterocycles. The molecular weight excluding hydrogens is 372 g/mol. The van der Waals surface area contributed by atoms with Crippen LogP contribution in [0.2, 0.25) is 0 Å². The molecule has 148 valence electrons. The van der Waals surface area contributed by atoms with Crippen LogP contribution in [0.1, 0.15) is 29.8 Å². The molecule has 0 bridgehead atoms. The number of aromatic nitrogens is 2. The summed E-state index contributed by atoms with van der Waals surface area (Å²) in [5.41, 5.74) is 2.52. The Hall–Kier alpha value is -3.37. The highest BCUT2D eigenvalue weighted by Crippen LogP contribution is 2.34. The molecule has 1 aliphatic rings. The van der Waals surface area contributed by atoms with E-state index in [2.05, 4.69) is 22.3 Å². The lowest BCUT2D eigenvalue weighted by Gasteiger charge is -2.18. The first-order chi connectivity index (χ1) is 13.2. The highest BCUT2D eigenvalue weighted by Gasteiger charge is 2.40. The van der Waals surface area contributed by atoms with Crippen molar-refractivity contribution in [3.8, 4) is 11.1 Å². The monoisotopic (exact) mass is 390 g/mol. The van der Waals surface area contributed by atoms with Gasteiger partial charge < -0.3 is 25.5 Å². The van der Waals surface area contributed by atoms with Crippen LogP contribution in [-0.4, -0.2) is 59.2 Å². The average molecular weight is 390 g/mol. The van der Waals surface area contributed by atoms with Gasteiger partial charge in [0.1, 0.15) is 0 Å². The van der Waals surface area contributed by atoms with Gasteiger partial charge in [0, 0.05) is 12.0 Å². The van der Waals surface area contributed by atoms with Gasteiger partial charge in [0.2, 0.25) is 0 Å². The van der Waals surface area contributed by atoms with Gasteiger partial charge >= 0.3 is 17.9 Å². The van der Waals surface area contributed by atoms with E-state index in [1.807, 2.05) is 18.2 Å². The van der Waals surface area contributed by atoms with Gasteiger partial charge in [0.05, 0.1) is 30.8 Å². The van der Waals surface area contributed by atoms with Gasteiger partial charge in [-0.3, -0.25) is 9.59 Å². The van der Waals surface area contributed by atoms with E-state index >= 15 is 0 Å². The largest absolute Gasteiger partial charge is 0.481 e. The predicted octanol–water partition coefficient (Wildman–Crippen LogP) is 0.292. The maximum atomic E-state index is 10.3. The Kier molecular flexibility index (Phi) is 6.39. The Bertz CT molecular complexity index is 896. The van der Waals surface area contributed by atoms with Gasteiger partial charge in [-0.15, -0.1) is 0 Å². The molecule has 0 unspecified atom stereocenters. The number of carboxylic acid groups (broad SMARTS) is 3. The molecule has 5 N–H and O–H groups in total. The maximum Gasteiger partial charge on any atom is 0.336 e.